The Morgan fingerprint density at radius 3 is 2.43 bits per heavy atom. The summed E-state index contributed by atoms with van der Waals surface area (Å²) in [7, 11) is 7.29. The first-order valence-corrected chi connectivity index (χ1v) is 4.99. The van der Waals surface area contributed by atoms with Crippen LogP contribution in [0.25, 0.3) is 0 Å². The minimum Gasteiger partial charge on any atom is -0.383 e. The molecule has 4 nitrogen and oxygen atoms in total. The van der Waals surface area contributed by atoms with Crippen LogP contribution in [0, 0.1) is 0 Å². The van der Waals surface area contributed by atoms with Crippen LogP contribution in [0.4, 0.5) is 0 Å². The van der Waals surface area contributed by atoms with Gasteiger partial charge in [-0.15, -0.1) is 0 Å². The number of nitrogens with zero attached hydrogens (tertiary/aromatic N) is 1. The molecule has 0 N–H and O–H groups in total. The van der Waals surface area contributed by atoms with Crippen molar-refractivity contribution in [3.63, 3.8) is 0 Å². The van der Waals surface area contributed by atoms with Crippen molar-refractivity contribution in [3.05, 3.63) is 0 Å². The molecule has 0 aromatic carbocycles. The first-order valence-electron chi connectivity index (χ1n) is 4.99. The smallest absolute Gasteiger partial charge is 0.101 e. The molecule has 84 valence electrons. The maximum Gasteiger partial charge on any atom is 0.101 e. The van der Waals surface area contributed by atoms with Crippen molar-refractivity contribution in [1.82, 2.24) is 4.90 Å². The van der Waals surface area contributed by atoms with Gasteiger partial charge in [-0.2, -0.15) is 0 Å². The predicted octanol–water partition coefficient (Wildman–Crippen LogP) is 0.367. The molecule has 0 amide bonds. The molecule has 0 aromatic rings. The van der Waals surface area contributed by atoms with Gasteiger partial charge in [0, 0.05) is 27.9 Å². The number of piperidine rings is 1. The summed E-state index contributed by atoms with van der Waals surface area (Å²) in [6, 6.07) is 0.295. The second-order valence-electron chi connectivity index (χ2n) is 3.77. The summed E-state index contributed by atoms with van der Waals surface area (Å²) >= 11 is 0. The molecule has 1 aliphatic heterocycles. The quantitative estimate of drug-likeness (QED) is 0.660. The van der Waals surface area contributed by atoms with Crippen molar-refractivity contribution in [2.75, 3.05) is 41.5 Å². The molecule has 0 aromatic heterocycles. The van der Waals surface area contributed by atoms with Gasteiger partial charge >= 0.3 is 0 Å². The molecule has 3 atom stereocenters. The van der Waals surface area contributed by atoms with Crippen LogP contribution >= 0.6 is 0 Å². The van der Waals surface area contributed by atoms with Crippen LogP contribution in [0.5, 0.6) is 0 Å². The van der Waals surface area contributed by atoms with E-state index in [0.29, 0.717) is 12.6 Å². The number of likely N-dealkylation sites (tertiary alicyclic amines) is 1. The highest BCUT2D eigenvalue weighted by Gasteiger charge is 2.36. The van der Waals surface area contributed by atoms with Gasteiger partial charge in [0.1, 0.15) is 6.10 Å². The van der Waals surface area contributed by atoms with Crippen LogP contribution in [0.3, 0.4) is 0 Å². The van der Waals surface area contributed by atoms with Crippen LogP contribution in [0.1, 0.15) is 6.42 Å². The molecular formula is C10H21NO3. The molecule has 1 aliphatic rings. The van der Waals surface area contributed by atoms with E-state index in [4.69, 9.17) is 14.2 Å². The Kier molecular flexibility index (Phi) is 4.81. The summed E-state index contributed by atoms with van der Waals surface area (Å²) in [4.78, 5) is 2.27. The molecule has 4 heteroatoms. The Morgan fingerprint density at radius 1 is 1.21 bits per heavy atom. The van der Waals surface area contributed by atoms with Gasteiger partial charge in [-0.1, -0.05) is 0 Å². The van der Waals surface area contributed by atoms with Gasteiger partial charge < -0.3 is 14.2 Å². The molecule has 3 unspecified atom stereocenters. The molecule has 1 heterocycles. The fraction of sp³-hybridized carbons (Fsp3) is 1.00. The Morgan fingerprint density at radius 2 is 1.93 bits per heavy atom. The Hall–Kier alpha value is -0.160. The minimum atomic E-state index is 0.110. The van der Waals surface area contributed by atoms with E-state index in [9.17, 15) is 0 Å². The monoisotopic (exact) mass is 203 g/mol. The molecular weight excluding hydrogens is 182 g/mol. The van der Waals surface area contributed by atoms with E-state index in [-0.39, 0.29) is 12.2 Å². The lowest BCUT2D eigenvalue weighted by atomic mass is 9.97. The van der Waals surface area contributed by atoms with E-state index in [1.165, 1.54) is 0 Å². The molecule has 1 saturated heterocycles. The standard InChI is InChI=1S/C10H21NO3/c1-11-6-5-9(13-3)10(14-4)8(11)7-12-2/h8-10H,5-7H2,1-4H3. The number of hydrogen-bond acceptors (Lipinski definition) is 4. The normalized spacial score (nSPS) is 34.7. The van der Waals surface area contributed by atoms with Gasteiger partial charge in [0.2, 0.25) is 0 Å². The van der Waals surface area contributed by atoms with E-state index >= 15 is 0 Å². The van der Waals surface area contributed by atoms with Crippen LogP contribution in [-0.4, -0.2) is 64.7 Å². The van der Waals surface area contributed by atoms with E-state index in [0.717, 1.165) is 13.0 Å². The fourth-order valence-electron chi connectivity index (χ4n) is 2.11. The Labute approximate surface area is 86.1 Å². The lowest BCUT2D eigenvalue weighted by Gasteiger charge is -2.42. The molecule has 0 saturated carbocycles. The first-order chi connectivity index (χ1) is 6.74. The van der Waals surface area contributed by atoms with Gasteiger partial charge in [-0.05, 0) is 13.5 Å². The average Bonchev–Trinajstić information content (AvgIpc) is 2.21. The number of methoxy groups -OCH3 is 3. The molecule has 0 aliphatic carbocycles. The van der Waals surface area contributed by atoms with Crippen LogP contribution < -0.4 is 0 Å². The third kappa shape index (κ3) is 2.45. The van der Waals surface area contributed by atoms with Crippen molar-refractivity contribution in [2.45, 2.75) is 24.7 Å². The fourth-order valence-corrected chi connectivity index (χ4v) is 2.11. The summed E-state index contributed by atoms with van der Waals surface area (Å²) in [5.41, 5.74) is 0. The second-order valence-corrected chi connectivity index (χ2v) is 3.77. The van der Waals surface area contributed by atoms with Crippen molar-refractivity contribution in [2.24, 2.45) is 0 Å². The summed E-state index contributed by atoms with van der Waals surface area (Å²) in [6.45, 7) is 1.72. The zero-order chi connectivity index (χ0) is 10.6. The van der Waals surface area contributed by atoms with Gasteiger partial charge in [0.15, 0.2) is 0 Å². The van der Waals surface area contributed by atoms with E-state index in [1.54, 1.807) is 21.3 Å². The number of ether oxygens (including phenoxy) is 3. The maximum absolute atomic E-state index is 5.48. The van der Waals surface area contributed by atoms with Crippen LogP contribution in [0.2, 0.25) is 0 Å². The molecule has 14 heavy (non-hydrogen) atoms. The second kappa shape index (κ2) is 5.66. The number of hydrogen-bond donors (Lipinski definition) is 0. The van der Waals surface area contributed by atoms with Gasteiger partial charge in [-0.25, -0.2) is 0 Å². The molecule has 0 radical (unpaired) electrons. The summed E-state index contributed by atoms with van der Waals surface area (Å²) in [5, 5.41) is 0. The SMILES string of the molecule is COCC1C(OC)C(OC)CCN1C. The van der Waals surface area contributed by atoms with Crippen molar-refractivity contribution in [3.8, 4) is 0 Å². The maximum atomic E-state index is 5.48. The number of rotatable bonds is 4. The third-order valence-electron chi connectivity index (χ3n) is 2.99. The van der Waals surface area contributed by atoms with Gasteiger partial charge in [0.05, 0.1) is 18.8 Å². The first kappa shape index (κ1) is 11.9. The zero-order valence-corrected chi connectivity index (χ0v) is 9.53. The van der Waals surface area contributed by atoms with Gasteiger partial charge in [0.25, 0.3) is 0 Å². The minimum absolute atomic E-state index is 0.110. The molecule has 0 bridgehead atoms. The Bertz CT molecular complexity index is 165. The highest BCUT2D eigenvalue weighted by Crippen LogP contribution is 2.21. The molecule has 1 fully saturated rings. The predicted molar refractivity (Wildman–Crippen MR) is 54.5 cm³/mol. The largest absolute Gasteiger partial charge is 0.383 e. The van der Waals surface area contributed by atoms with Crippen molar-refractivity contribution in [1.29, 1.82) is 0 Å². The third-order valence-corrected chi connectivity index (χ3v) is 2.99. The lowest BCUT2D eigenvalue weighted by molar-refractivity contribution is -0.117. The molecule has 1 rings (SSSR count). The molecule has 0 spiro atoms. The van der Waals surface area contributed by atoms with Crippen LogP contribution in [0.15, 0.2) is 0 Å². The van der Waals surface area contributed by atoms with E-state index in [2.05, 4.69) is 11.9 Å². The van der Waals surface area contributed by atoms with E-state index < -0.39 is 0 Å². The van der Waals surface area contributed by atoms with E-state index in [1.807, 2.05) is 0 Å². The van der Waals surface area contributed by atoms with Crippen LogP contribution in [-0.2, 0) is 14.2 Å². The topological polar surface area (TPSA) is 30.9 Å². The summed E-state index contributed by atoms with van der Waals surface area (Å²) in [5.74, 6) is 0. The highest BCUT2D eigenvalue weighted by molar-refractivity contribution is 4.89. The van der Waals surface area contributed by atoms with Crippen molar-refractivity contribution < 1.29 is 14.2 Å². The summed E-state index contributed by atoms with van der Waals surface area (Å²) in [6.07, 6.45) is 1.32. The number of likely N-dealkylation sites (N-methyl/N-ethyl adjacent to an activating group) is 1. The van der Waals surface area contributed by atoms with Gasteiger partial charge in [-0.3, -0.25) is 4.90 Å². The lowest BCUT2D eigenvalue weighted by Crippen LogP contribution is -2.56. The highest BCUT2D eigenvalue weighted by atomic mass is 16.5. The summed E-state index contributed by atoms with van der Waals surface area (Å²) < 4.78 is 16.1. The zero-order valence-electron chi connectivity index (χ0n) is 9.53. The Balaban J connectivity index is 2.63. The average molecular weight is 203 g/mol. The van der Waals surface area contributed by atoms with Crippen molar-refractivity contribution >= 4 is 0 Å².